The summed E-state index contributed by atoms with van der Waals surface area (Å²) in [7, 11) is -4.07. The molecule has 1 aliphatic heterocycles. The highest BCUT2D eigenvalue weighted by Crippen LogP contribution is 2.24. The van der Waals surface area contributed by atoms with E-state index in [4.69, 9.17) is 0 Å². The SMILES string of the molecule is CC(CNC(=O)C1CN(S(=O)(=O)c2ccc([N+](=O)[O-])cc2)CCN1C(=O)c1ccccc1)c1ccccc1. The quantitative estimate of drug-likeness (QED) is 0.348. The number of carbonyl (C=O) groups excluding carboxylic acids is 2. The van der Waals surface area contributed by atoms with Gasteiger partial charge in [-0.25, -0.2) is 8.42 Å². The van der Waals surface area contributed by atoms with E-state index in [0.717, 1.165) is 22.0 Å². The molecule has 3 aromatic carbocycles. The van der Waals surface area contributed by atoms with Crippen molar-refractivity contribution in [1.82, 2.24) is 14.5 Å². The van der Waals surface area contributed by atoms with E-state index in [1.54, 1.807) is 30.3 Å². The number of non-ortho nitro benzene ring substituents is 1. The standard InChI is InChI=1S/C27H28N4O6S/c1-20(21-8-4-2-5-9-21)18-28-26(32)25-19-29(16-17-30(25)27(33)22-10-6-3-7-11-22)38(36,37)24-14-12-23(13-15-24)31(34)35/h2-15,20,25H,16-19H2,1H3,(H,28,32). The molecule has 1 saturated heterocycles. The highest BCUT2D eigenvalue weighted by Gasteiger charge is 2.40. The summed E-state index contributed by atoms with van der Waals surface area (Å²) >= 11 is 0. The first-order valence-corrected chi connectivity index (χ1v) is 13.6. The molecule has 198 valence electrons. The van der Waals surface area contributed by atoms with Crippen LogP contribution in [0, 0.1) is 10.1 Å². The van der Waals surface area contributed by atoms with Crippen molar-refractivity contribution in [2.45, 2.75) is 23.8 Å². The molecule has 38 heavy (non-hydrogen) atoms. The summed E-state index contributed by atoms with van der Waals surface area (Å²) in [5.74, 6) is -0.822. The van der Waals surface area contributed by atoms with Gasteiger partial charge in [0.25, 0.3) is 11.6 Å². The van der Waals surface area contributed by atoms with Crippen LogP contribution < -0.4 is 5.32 Å². The van der Waals surface area contributed by atoms with Gasteiger partial charge < -0.3 is 10.2 Å². The molecule has 1 fully saturated rings. The number of benzene rings is 3. The van der Waals surface area contributed by atoms with Gasteiger partial charge in [0.05, 0.1) is 9.82 Å². The molecule has 11 heteroatoms. The average Bonchev–Trinajstić information content (AvgIpc) is 2.96. The predicted molar refractivity (Wildman–Crippen MR) is 141 cm³/mol. The summed E-state index contributed by atoms with van der Waals surface area (Å²) in [6.07, 6.45) is 0. The molecule has 1 aliphatic rings. The fourth-order valence-corrected chi connectivity index (χ4v) is 5.79. The zero-order chi connectivity index (χ0) is 27.3. The van der Waals surface area contributed by atoms with Gasteiger partial charge in [-0.2, -0.15) is 4.31 Å². The fraction of sp³-hybridized carbons (Fsp3) is 0.259. The average molecular weight is 537 g/mol. The molecule has 0 aromatic heterocycles. The van der Waals surface area contributed by atoms with E-state index in [0.29, 0.717) is 12.1 Å². The molecule has 3 aromatic rings. The minimum atomic E-state index is -4.07. The maximum absolute atomic E-state index is 13.4. The minimum Gasteiger partial charge on any atom is -0.354 e. The molecule has 0 bridgehead atoms. The molecular weight excluding hydrogens is 508 g/mol. The van der Waals surface area contributed by atoms with Crippen molar-refractivity contribution in [1.29, 1.82) is 0 Å². The van der Waals surface area contributed by atoms with E-state index in [1.807, 2.05) is 37.3 Å². The number of hydrogen-bond donors (Lipinski definition) is 1. The van der Waals surface area contributed by atoms with Crippen LogP contribution in [0.2, 0.25) is 0 Å². The monoisotopic (exact) mass is 536 g/mol. The van der Waals surface area contributed by atoms with Gasteiger partial charge in [0, 0.05) is 43.9 Å². The second-order valence-electron chi connectivity index (χ2n) is 9.05. The van der Waals surface area contributed by atoms with Gasteiger partial charge in [-0.1, -0.05) is 55.5 Å². The van der Waals surface area contributed by atoms with E-state index < -0.39 is 26.9 Å². The summed E-state index contributed by atoms with van der Waals surface area (Å²) in [5.41, 5.74) is 1.21. The van der Waals surface area contributed by atoms with Crippen molar-refractivity contribution in [3.63, 3.8) is 0 Å². The number of sulfonamides is 1. The molecule has 4 rings (SSSR count). The third-order valence-electron chi connectivity index (χ3n) is 6.56. The molecule has 0 spiro atoms. The first kappa shape index (κ1) is 27.0. The van der Waals surface area contributed by atoms with Crippen molar-refractivity contribution in [2.75, 3.05) is 26.2 Å². The lowest BCUT2D eigenvalue weighted by molar-refractivity contribution is -0.384. The van der Waals surface area contributed by atoms with Crippen LogP contribution >= 0.6 is 0 Å². The zero-order valence-electron chi connectivity index (χ0n) is 20.8. The summed E-state index contributed by atoms with van der Waals surface area (Å²) in [6.45, 7) is 2.01. The van der Waals surface area contributed by atoms with Crippen LogP contribution in [-0.2, 0) is 14.8 Å². The number of nitrogens with one attached hydrogen (secondary N) is 1. The number of nitro groups is 1. The van der Waals surface area contributed by atoms with Crippen molar-refractivity contribution < 1.29 is 22.9 Å². The smallest absolute Gasteiger partial charge is 0.269 e. The molecule has 2 unspecified atom stereocenters. The number of amides is 2. The summed E-state index contributed by atoms with van der Waals surface area (Å²) in [4.78, 5) is 38.4. The Morgan fingerprint density at radius 1 is 0.974 bits per heavy atom. The van der Waals surface area contributed by atoms with E-state index >= 15 is 0 Å². The lowest BCUT2D eigenvalue weighted by Gasteiger charge is -2.40. The van der Waals surface area contributed by atoms with Crippen LogP contribution in [0.3, 0.4) is 0 Å². The Labute approximate surface area is 221 Å². The van der Waals surface area contributed by atoms with E-state index in [2.05, 4.69) is 5.32 Å². The third-order valence-corrected chi connectivity index (χ3v) is 8.44. The predicted octanol–water partition coefficient (Wildman–Crippen LogP) is 3.03. The number of nitro benzene ring substituents is 1. The Balaban J connectivity index is 1.56. The van der Waals surface area contributed by atoms with Crippen molar-refractivity contribution >= 4 is 27.5 Å². The first-order valence-electron chi connectivity index (χ1n) is 12.1. The van der Waals surface area contributed by atoms with Crippen LogP contribution in [0.5, 0.6) is 0 Å². The van der Waals surface area contributed by atoms with Gasteiger partial charge in [0.1, 0.15) is 6.04 Å². The highest BCUT2D eigenvalue weighted by atomic mass is 32.2. The molecule has 1 heterocycles. The van der Waals surface area contributed by atoms with Gasteiger partial charge in [0.2, 0.25) is 15.9 Å². The molecule has 0 aliphatic carbocycles. The van der Waals surface area contributed by atoms with Gasteiger partial charge in [-0.15, -0.1) is 0 Å². The van der Waals surface area contributed by atoms with E-state index in [-0.39, 0.29) is 42.0 Å². The molecular formula is C27H28N4O6S. The Hall–Kier alpha value is -4.09. The van der Waals surface area contributed by atoms with Crippen molar-refractivity contribution in [3.8, 4) is 0 Å². The number of nitrogens with zero attached hydrogens (tertiary/aromatic N) is 3. The maximum atomic E-state index is 13.4. The second-order valence-corrected chi connectivity index (χ2v) is 11.0. The van der Waals surface area contributed by atoms with Gasteiger partial charge >= 0.3 is 0 Å². The van der Waals surface area contributed by atoms with E-state index in [9.17, 15) is 28.1 Å². The first-order chi connectivity index (χ1) is 18.2. The minimum absolute atomic E-state index is 0.00182. The third kappa shape index (κ3) is 5.90. The molecule has 0 radical (unpaired) electrons. The Kier molecular flexibility index (Phi) is 8.18. The maximum Gasteiger partial charge on any atom is 0.269 e. The molecule has 10 nitrogen and oxygen atoms in total. The van der Waals surface area contributed by atoms with Crippen molar-refractivity contribution in [3.05, 3.63) is 106 Å². The Morgan fingerprint density at radius 2 is 1.58 bits per heavy atom. The second kappa shape index (κ2) is 11.5. The Morgan fingerprint density at radius 3 is 2.18 bits per heavy atom. The molecule has 2 atom stereocenters. The number of hydrogen-bond acceptors (Lipinski definition) is 6. The largest absolute Gasteiger partial charge is 0.354 e. The summed E-state index contributed by atoms with van der Waals surface area (Å²) in [6, 6.07) is 21.7. The summed E-state index contributed by atoms with van der Waals surface area (Å²) in [5, 5.41) is 13.9. The van der Waals surface area contributed by atoms with Gasteiger partial charge in [-0.05, 0) is 35.7 Å². The lowest BCUT2D eigenvalue weighted by atomic mass is 10.0. The molecule has 0 saturated carbocycles. The van der Waals surface area contributed by atoms with Crippen LogP contribution in [-0.4, -0.2) is 66.6 Å². The zero-order valence-corrected chi connectivity index (χ0v) is 21.6. The molecule has 1 N–H and O–H groups in total. The summed E-state index contributed by atoms with van der Waals surface area (Å²) < 4.78 is 27.9. The molecule has 2 amide bonds. The normalized spacial score (nSPS) is 17.0. The number of piperazine rings is 1. The fourth-order valence-electron chi connectivity index (χ4n) is 4.35. The van der Waals surface area contributed by atoms with Gasteiger partial charge in [0.15, 0.2) is 0 Å². The van der Waals surface area contributed by atoms with Crippen molar-refractivity contribution in [2.24, 2.45) is 0 Å². The van der Waals surface area contributed by atoms with Crippen LogP contribution in [0.25, 0.3) is 0 Å². The lowest BCUT2D eigenvalue weighted by Crippen LogP contribution is -2.61. The number of carbonyl (C=O) groups is 2. The van der Waals surface area contributed by atoms with Crippen LogP contribution in [0.4, 0.5) is 5.69 Å². The highest BCUT2D eigenvalue weighted by molar-refractivity contribution is 7.89. The van der Waals surface area contributed by atoms with Gasteiger partial charge in [-0.3, -0.25) is 19.7 Å². The van der Waals surface area contributed by atoms with Crippen LogP contribution in [0.15, 0.2) is 89.8 Å². The van der Waals surface area contributed by atoms with Crippen LogP contribution in [0.1, 0.15) is 28.8 Å². The Bertz CT molecular complexity index is 1400. The van der Waals surface area contributed by atoms with E-state index in [1.165, 1.54) is 17.0 Å². The number of rotatable bonds is 8. The topological polar surface area (TPSA) is 130 Å².